The molecule has 150 valence electrons. The Morgan fingerprint density at radius 2 is 1.96 bits per heavy atom. The Balaban J connectivity index is 1.32. The molecule has 5 heteroatoms. The molecule has 1 saturated heterocycles. The van der Waals surface area contributed by atoms with Crippen molar-refractivity contribution in [2.75, 3.05) is 19.6 Å². The first-order valence-electron chi connectivity index (χ1n) is 10.8. The first-order valence-corrected chi connectivity index (χ1v) is 10.8. The van der Waals surface area contributed by atoms with Gasteiger partial charge in [-0.15, -0.1) is 0 Å². The van der Waals surface area contributed by atoms with Crippen molar-refractivity contribution in [3.63, 3.8) is 0 Å². The maximum Gasteiger partial charge on any atom is 0.237 e. The summed E-state index contributed by atoms with van der Waals surface area (Å²) in [6.07, 6.45) is 10.3. The number of hydrogen-bond acceptors (Lipinski definition) is 3. The van der Waals surface area contributed by atoms with Gasteiger partial charge in [-0.2, -0.15) is 0 Å². The number of carbonyl (C=O) groups is 2. The predicted octanol–water partition coefficient (Wildman–Crippen LogP) is 2.35. The summed E-state index contributed by atoms with van der Waals surface area (Å²) in [5, 5.41) is 5.99. The number of amides is 2. The summed E-state index contributed by atoms with van der Waals surface area (Å²) >= 11 is 0. The molecule has 1 fully saturated rings. The van der Waals surface area contributed by atoms with Crippen LogP contribution in [-0.4, -0.2) is 48.4 Å². The Labute approximate surface area is 167 Å². The lowest BCUT2D eigenvalue weighted by molar-refractivity contribution is -0.135. The summed E-state index contributed by atoms with van der Waals surface area (Å²) in [6.45, 7) is 2.15. The zero-order valence-electron chi connectivity index (χ0n) is 16.6. The van der Waals surface area contributed by atoms with E-state index in [-0.39, 0.29) is 24.3 Å². The van der Waals surface area contributed by atoms with Gasteiger partial charge in [0, 0.05) is 25.7 Å². The third kappa shape index (κ3) is 4.46. The van der Waals surface area contributed by atoms with Gasteiger partial charge in [0.1, 0.15) is 0 Å². The molecule has 3 aliphatic rings. The van der Waals surface area contributed by atoms with Crippen LogP contribution in [-0.2, 0) is 22.4 Å². The first kappa shape index (κ1) is 19.2. The number of nitrogens with zero attached hydrogens (tertiary/aromatic N) is 1. The molecule has 28 heavy (non-hydrogen) atoms. The fourth-order valence-electron chi connectivity index (χ4n) is 4.89. The van der Waals surface area contributed by atoms with Crippen LogP contribution in [0.25, 0.3) is 0 Å². The Kier molecular flexibility index (Phi) is 6.10. The molecule has 1 atom stereocenters. The van der Waals surface area contributed by atoms with Crippen LogP contribution in [0.3, 0.4) is 0 Å². The number of fused-ring (bicyclic) bond motifs is 1. The topological polar surface area (TPSA) is 61.4 Å². The molecular formula is C23H31N3O2. The van der Waals surface area contributed by atoms with E-state index in [2.05, 4.69) is 45.9 Å². The average Bonchev–Trinajstić information content (AvgIpc) is 3.14. The molecule has 1 aromatic carbocycles. The third-order valence-electron chi connectivity index (χ3n) is 6.40. The van der Waals surface area contributed by atoms with E-state index in [1.54, 1.807) is 0 Å². The van der Waals surface area contributed by atoms with Crippen molar-refractivity contribution >= 4 is 11.8 Å². The molecule has 1 aliphatic heterocycles. The Hall–Kier alpha value is -2.14. The lowest BCUT2D eigenvalue weighted by Gasteiger charge is -2.38. The summed E-state index contributed by atoms with van der Waals surface area (Å²) in [6, 6.07) is 8.48. The lowest BCUT2D eigenvalue weighted by atomic mass is 9.97. The van der Waals surface area contributed by atoms with Crippen LogP contribution in [0.4, 0.5) is 0 Å². The van der Waals surface area contributed by atoms with E-state index in [0.717, 1.165) is 32.2 Å². The molecule has 1 heterocycles. The van der Waals surface area contributed by atoms with E-state index in [1.165, 1.54) is 36.0 Å². The predicted molar refractivity (Wildman–Crippen MR) is 110 cm³/mol. The molecule has 0 aromatic heterocycles. The standard InChI is InChI=1S/C23H31N3O2/c27-22(24-11-10-17-6-2-1-3-7-17)16-21-23(28)25-12-13-26(21)20-14-18-8-4-5-9-19(18)15-20/h4-6,8-9,20-21H,1-3,7,10-16H2,(H,24,27)(H,25,28)/t21-/m1/s1. The maximum absolute atomic E-state index is 12.5. The monoisotopic (exact) mass is 381 g/mol. The summed E-state index contributed by atoms with van der Waals surface area (Å²) in [5.74, 6) is -0.0219. The van der Waals surface area contributed by atoms with Crippen LogP contribution in [0.15, 0.2) is 35.9 Å². The quantitative estimate of drug-likeness (QED) is 0.744. The van der Waals surface area contributed by atoms with Crippen molar-refractivity contribution in [2.45, 2.75) is 63.5 Å². The second-order valence-corrected chi connectivity index (χ2v) is 8.29. The molecule has 2 amide bonds. The minimum atomic E-state index is -0.359. The molecule has 0 bridgehead atoms. The Morgan fingerprint density at radius 1 is 1.18 bits per heavy atom. The van der Waals surface area contributed by atoms with Crippen molar-refractivity contribution in [1.29, 1.82) is 0 Å². The van der Waals surface area contributed by atoms with Crippen LogP contribution in [0, 0.1) is 0 Å². The van der Waals surface area contributed by atoms with Gasteiger partial charge in [-0.3, -0.25) is 14.5 Å². The van der Waals surface area contributed by atoms with Gasteiger partial charge < -0.3 is 10.6 Å². The highest BCUT2D eigenvalue weighted by atomic mass is 16.2. The number of carbonyl (C=O) groups excluding carboxylic acids is 2. The van der Waals surface area contributed by atoms with Gasteiger partial charge in [0.05, 0.1) is 12.5 Å². The molecule has 0 radical (unpaired) electrons. The second-order valence-electron chi connectivity index (χ2n) is 8.29. The van der Waals surface area contributed by atoms with Gasteiger partial charge in [0.25, 0.3) is 0 Å². The summed E-state index contributed by atoms with van der Waals surface area (Å²) in [5.41, 5.74) is 4.22. The second kappa shape index (κ2) is 8.91. The molecule has 1 aromatic rings. The number of piperazine rings is 1. The van der Waals surface area contributed by atoms with Gasteiger partial charge in [0.2, 0.25) is 11.8 Å². The minimum absolute atomic E-state index is 0.00709. The van der Waals surface area contributed by atoms with E-state index in [1.807, 2.05) is 0 Å². The Bertz CT molecular complexity index is 733. The molecule has 0 spiro atoms. The lowest BCUT2D eigenvalue weighted by Crippen LogP contribution is -2.59. The largest absolute Gasteiger partial charge is 0.356 e. The number of rotatable bonds is 6. The van der Waals surface area contributed by atoms with E-state index in [9.17, 15) is 9.59 Å². The minimum Gasteiger partial charge on any atom is -0.356 e. The fourth-order valence-corrected chi connectivity index (χ4v) is 4.89. The highest BCUT2D eigenvalue weighted by Gasteiger charge is 2.37. The highest BCUT2D eigenvalue weighted by molar-refractivity contribution is 5.88. The zero-order valence-corrected chi connectivity index (χ0v) is 16.6. The van der Waals surface area contributed by atoms with Crippen molar-refractivity contribution in [1.82, 2.24) is 15.5 Å². The van der Waals surface area contributed by atoms with Crippen LogP contribution in [0.2, 0.25) is 0 Å². The SMILES string of the molecule is O=C(C[C@@H]1C(=O)NCCN1C1Cc2ccccc2C1)NCCC1=CCCCC1. The maximum atomic E-state index is 12.5. The normalized spacial score (nSPS) is 23.1. The van der Waals surface area contributed by atoms with Crippen LogP contribution < -0.4 is 10.6 Å². The Morgan fingerprint density at radius 3 is 2.68 bits per heavy atom. The van der Waals surface area contributed by atoms with E-state index in [0.29, 0.717) is 19.1 Å². The van der Waals surface area contributed by atoms with Crippen LogP contribution in [0.5, 0.6) is 0 Å². The first-order chi connectivity index (χ1) is 13.7. The summed E-state index contributed by atoms with van der Waals surface area (Å²) < 4.78 is 0. The van der Waals surface area contributed by atoms with Crippen molar-refractivity contribution in [3.8, 4) is 0 Å². The van der Waals surface area contributed by atoms with Crippen LogP contribution in [0.1, 0.15) is 49.7 Å². The third-order valence-corrected chi connectivity index (χ3v) is 6.40. The molecule has 4 rings (SSSR count). The molecule has 5 nitrogen and oxygen atoms in total. The number of allylic oxidation sites excluding steroid dienone is 1. The summed E-state index contributed by atoms with van der Waals surface area (Å²) in [4.78, 5) is 27.4. The van der Waals surface area contributed by atoms with Crippen LogP contribution >= 0.6 is 0 Å². The number of nitrogens with one attached hydrogen (secondary N) is 2. The molecule has 2 aliphatic carbocycles. The fraction of sp³-hybridized carbons (Fsp3) is 0.565. The average molecular weight is 382 g/mol. The zero-order chi connectivity index (χ0) is 19.3. The van der Waals surface area contributed by atoms with Gasteiger partial charge in [-0.05, 0) is 56.1 Å². The van der Waals surface area contributed by atoms with Crippen molar-refractivity contribution < 1.29 is 9.59 Å². The van der Waals surface area contributed by atoms with E-state index < -0.39 is 0 Å². The van der Waals surface area contributed by atoms with E-state index in [4.69, 9.17) is 0 Å². The smallest absolute Gasteiger partial charge is 0.237 e. The van der Waals surface area contributed by atoms with Gasteiger partial charge >= 0.3 is 0 Å². The van der Waals surface area contributed by atoms with Gasteiger partial charge in [-0.1, -0.05) is 35.9 Å². The number of hydrogen-bond donors (Lipinski definition) is 2. The van der Waals surface area contributed by atoms with Gasteiger partial charge in [-0.25, -0.2) is 0 Å². The van der Waals surface area contributed by atoms with Gasteiger partial charge in [0.15, 0.2) is 0 Å². The number of benzene rings is 1. The highest BCUT2D eigenvalue weighted by Crippen LogP contribution is 2.28. The molecular weight excluding hydrogens is 350 g/mol. The van der Waals surface area contributed by atoms with Crippen molar-refractivity contribution in [2.24, 2.45) is 0 Å². The van der Waals surface area contributed by atoms with E-state index >= 15 is 0 Å². The molecule has 2 N–H and O–H groups in total. The molecule has 0 saturated carbocycles. The molecule has 0 unspecified atom stereocenters. The van der Waals surface area contributed by atoms with Crippen molar-refractivity contribution in [3.05, 3.63) is 47.0 Å². The summed E-state index contributed by atoms with van der Waals surface area (Å²) in [7, 11) is 0.